The van der Waals surface area contributed by atoms with Gasteiger partial charge in [0.05, 0.1) is 31.0 Å². The molecule has 8 heteroatoms. The summed E-state index contributed by atoms with van der Waals surface area (Å²) in [4.78, 5) is 19.8. The maximum Gasteiger partial charge on any atom is 0.412 e. The predicted octanol–water partition coefficient (Wildman–Crippen LogP) is 6.34. The minimum atomic E-state index is -0.754. The molecule has 174 valence electrons. The molecule has 6 nitrogen and oxygen atoms in total. The largest absolute Gasteiger partial charge is 0.481 e. The van der Waals surface area contributed by atoms with Crippen molar-refractivity contribution < 1.29 is 19.0 Å². The Bertz CT molecular complexity index is 933. The number of methoxy groups -OCH3 is 1. The van der Waals surface area contributed by atoms with E-state index >= 15 is 0 Å². The first-order chi connectivity index (χ1) is 15.0. The van der Waals surface area contributed by atoms with E-state index in [4.69, 9.17) is 25.8 Å². The standard InChI is InChI=1S/C24H31ClN2O4S/c1-23(2,3)31-22(28)27-17(15-30-24(27,4)5)12-19(16-10-8-7-9-11-16)32-20-13-21(29-6)26-14-18(20)25/h7-11,13-14,17,19H,12,15H2,1-6H3/t17-,19+/m0/s1. The molecule has 0 radical (unpaired) electrons. The fourth-order valence-corrected chi connectivity index (χ4v) is 5.15. The lowest BCUT2D eigenvalue weighted by Gasteiger charge is -2.36. The normalized spacial score (nSPS) is 19.0. The van der Waals surface area contributed by atoms with E-state index in [1.54, 1.807) is 30.0 Å². The smallest absolute Gasteiger partial charge is 0.412 e. The van der Waals surface area contributed by atoms with E-state index in [0.717, 1.165) is 10.5 Å². The minimum Gasteiger partial charge on any atom is -0.481 e. The van der Waals surface area contributed by atoms with Crippen LogP contribution in [0, 0.1) is 0 Å². The quantitative estimate of drug-likeness (QED) is 0.451. The van der Waals surface area contributed by atoms with Gasteiger partial charge < -0.3 is 14.2 Å². The van der Waals surface area contributed by atoms with Gasteiger partial charge in [0, 0.05) is 16.2 Å². The van der Waals surface area contributed by atoms with E-state index in [2.05, 4.69) is 17.1 Å². The van der Waals surface area contributed by atoms with Crippen LogP contribution in [0.4, 0.5) is 4.79 Å². The lowest BCUT2D eigenvalue weighted by Crippen LogP contribution is -2.50. The molecule has 1 aliphatic rings. The van der Waals surface area contributed by atoms with Gasteiger partial charge in [-0.1, -0.05) is 41.9 Å². The van der Waals surface area contributed by atoms with Crippen molar-refractivity contribution in [3.8, 4) is 5.88 Å². The van der Waals surface area contributed by atoms with E-state index in [9.17, 15) is 4.79 Å². The lowest BCUT2D eigenvalue weighted by molar-refractivity contribution is -0.0626. The third-order valence-corrected chi connectivity index (χ3v) is 6.85. The molecule has 2 aromatic rings. The first-order valence-corrected chi connectivity index (χ1v) is 11.8. The van der Waals surface area contributed by atoms with Crippen LogP contribution in [0.2, 0.25) is 5.02 Å². The Kier molecular flexibility index (Phi) is 7.63. The van der Waals surface area contributed by atoms with E-state index in [1.165, 1.54) is 0 Å². The third-order valence-electron chi connectivity index (χ3n) is 5.10. The number of hydrogen-bond acceptors (Lipinski definition) is 6. The number of benzene rings is 1. The highest BCUT2D eigenvalue weighted by atomic mass is 35.5. The number of carbonyl (C=O) groups excluding carboxylic acids is 1. The monoisotopic (exact) mass is 478 g/mol. The Morgan fingerprint density at radius 1 is 1.34 bits per heavy atom. The minimum absolute atomic E-state index is 0.0215. The predicted molar refractivity (Wildman–Crippen MR) is 127 cm³/mol. The van der Waals surface area contributed by atoms with Gasteiger partial charge in [-0.3, -0.25) is 4.90 Å². The van der Waals surface area contributed by atoms with Crippen molar-refractivity contribution in [1.82, 2.24) is 9.88 Å². The van der Waals surface area contributed by atoms with E-state index in [-0.39, 0.29) is 17.4 Å². The highest BCUT2D eigenvalue weighted by Crippen LogP contribution is 2.44. The first-order valence-electron chi connectivity index (χ1n) is 10.6. The molecule has 0 bridgehead atoms. The van der Waals surface area contributed by atoms with E-state index in [1.807, 2.05) is 58.9 Å². The molecule has 2 atom stereocenters. The van der Waals surface area contributed by atoms with Crippen LogP contribution in [0.1, 0.15) is 51.9 Å². The summed E-state index contributed by atoms with van der Waals surface area (Å²) in [5.41, 5.74) is -0.205. The zero-order valence-electron chi connectivity index (χ0n) is 19.4. The maximum absolute atomic E-state index is 13.1. The first kappa shape index (κ1) is 24.7. The van der Waals surface area contributed by atoms with Gasteiger partial charge in [-0.05, 0) is 46.6 Å². The number of rotatable bonds is 6. The van der Waals surface area contributed by atoms with Gasteiger partial charge in [0.25, 0.3) is 0 Å². The highest BCUT2D eigenvalue weighted by molar-refractivity contribution is 7.99. The summed E-state index contributed by atoms with van der Waals surface area (Å²) < 4.78 is 17.0. The second kappa shape index (κ2) is 9.89. The fraction of sp³-hybridized carbons (Fsp3) is 0.500. The lowest BCUT2D eigenvalue weighted by atomic mass is 10.0. The average Bonchev–Trinajstić information content (AvgIpc) is 3.02. The van der Waals surface area contributed by atoms with Crippen LogP contribution >= 0.6 is 23.4 Å². The van der Waals surface area contributed by atoms with Crippen molar-refractivity contribution in [2.45, 2.75) is 68.6 Å². The fourth-order valence-electron chi connectivity index (χ4n) is 3.66. The van der Waals surface area contributed by atoms with Crippen LogP contribution < -0.4 is 4.74 Å². The Labute approximate surface area is 199 Å². The summed E-state index contributed by atoms with van der Waals surface area (Å²) in [6.07, 6.45) is 1.89. The molecule has 0 unspecified atom stereocenters. The molecule has 32 heavy (non-hydrogen) atoms. The second-order valence-corrected chi connectivity index (χ2v) is 10.8. The van der Waals surface area contributed by atoms with Crippen molar-refractivity contribution >= 4 is 29.5 Å². The summed E-state index contributed by atoms with van der Waals surface area (Å²) in [7, 11) is 1.58. The second-order valence-electron chi connectivity index (χ2n) is 9.17. The van der Waals surface area contributed by atoms with Crippen LogP contribution in [0.25, 0.3) is 0 Å². The Balaban J connectivity index is 1.90. The number of nitrogens with zero attached hydrogens (tertiary/aromatic N) is 2. The number of halogens is 1. The molecule has 1 amide bonds. The number of hydrogen-bond donors (Lipinski definition) is 0. The van der Waals surface area contributed by atoms with Crippen molar-refractivity contribution in [3.05, 3.63) is 53.2 Å². The average molecular weight is 479 g/mol. The highest BCUT2D eigenvalue weighted by Gasteiger charge is 2.46. The van der Waals surface area contributed by atoms with Crippen molar-refractivity contribution in [2.75, 3.05) is 13.7 Å². The van der Waals surface area contributed by atoms with Gasteiger partial charge in [-0.25, -0.2) is 9.78 Å². The van der Waals surface area contributed by atoms with Gasteiger partial charge in [0.15, 0.2) is 0 Å². The topological polar surface area (TPSA) is 60.9 Å². The molecule has 3 rings (SSSR count). The number of aromatic nitrogens is 1. The zero-order chi connectivity index (χ0) is 23.5. The number of ether oxygens (including phenoxy) is 3. The SMILES string of the molecule is COc1cc(S[C@H](C[C@H]2COC(C)(C)N2C(=O)OC(C)(C)C)c2ccccc2)c(Cl)cn1. The molecule has 0 spiro atoms. The van der Waals surface area contributed by atoms with Crippen LogP contribution in [-0.4, -0.2) is 47.1 Å². The Morgan fingerprint density at radius 3 is 2.66 bits per heavy atom. The summed E-state index contributed by atoms with van der Waals surface area (Å²) in [6, 6.07) is 11.9. The van der Waals surface area contributed by atoms with Gasteiger partial charge in [0.2, 0.25) is 5.88 Å². The molecular formula is C24H31ClN2O4S. The van der Waals surface area contributed by atoms with Crippen LogP contribution in [0.3, 0.4) is 0 Å². The summed E-state index contributed by atoms with van der Waals surface area (Å²) in [6.45, 7) is 9.82. The zero-order valence-corrected chi connectivity index (χ0v) is 21.0. The number of carbonyl (C=O) groups is 1. The molecule has 1 aromatic carbocycles. The van der Waals surface area contributed by atoms with E-state index in [0.29, 0.717) is 23.9 Å². The van der Waals surface area contributed by atoms with Gasteiger partial charge in [-0.2, -0.15) is 0 Å². The molecule has 1 saturated heterocycles. The van der Waals surface area contributed by atoms with Crippen LogP contribution in [-0.2, 0) is 9.47 Å². The molecule has 1 fully saturated rings. The maximum atomic E-state index is 13.1. The van der Waals surface area contributed by atoms with Crippen LogP contribution in [0.5, 0.6) is 5.88 Å². The van der Waals surface area contributed by atoms with Gasteiger partial charge in [0.1, 0.15) is 11.3 Å². The molecule has 1 aromatic heterocycles. The van der Waals surface area contributed by atoms with Crippen molar-refractivity contribution in [1.29, 1.82) is 0 Å². The summed E-state index contributed by atoms with van der Waals surface area (Å²) in [5, 5.41) is 0.581. The molecule has 0 N–H and O–H groups in total. The van der Waals surface area contributed by atoms with Gasteiger partial charge in [-0.15, -0.1) is 11.8 Å². The number of pyridine rings is 1. The molecule has 2 heterocycles. The number of amides is 1. The molecular weight excluding hydrogens is 448 g/mol. The summed E-state index contributed by atoms with van der Waals surface area (Å²) >= 11 is 8.08. The third kappa shape index (κ3) is 6.09. The molecule has 0 aliphatic carbocycles. The van der Waals surface area contributed by atoms with Crippen molar-refractivity contribution in [3.63, 3.8) is 0 Å². The van der Waals surface area contributed by atoms with Crippen molar-refractivity contribution in [2.24, 2.45) is 0 Å². The summed E-state index contributed by atoms with van der Waals surface area (Å²) in [5.74, 6) is 0.504. The number of thioether (sulfide) groups is 1. The molecule has 0 saturated carbocycles. The molecule has 1 aliphatic heterocycles. The van der Waals surface area contributed by atoms with E-state index < -0.39 is 11.3 Å². The van der Waals surface area contributed by atoms with Crippen LogP contribution in [0.15, 0.2) is 47.5 Å². The van der Waals surface area contributed by atoms with Gasteiger partial charge >= 0.3 is 6.09 Å². The Hall–Kier alpha value is -1.96. The Morgan fingerprint density at radius 2 is 2.03 bits per heavy atom.